The average Bonchev–Trinajstić information content (AvgIpc) is 1.80. The van der Waals surface area contributed by atoms with Gasteiger partial charge in [0.2, 0.25) is 0 Å². The molecule has 0 radical (unpaired) electrons. The molecule has 0 aromatic heterocycles. The molecule has 11 heavy (non-hydrogen) atoms. The number of rotatable bonds is 0. The monoisotopic (exact) mass is 226 g/mol. The quantitative estimate of drug-likeness (QED) is 0.391. The Morgan fingerprint density at radius 3 is 2.27 bits per heavy atom. The number of hydrogen-bond donors (Lipinski definition) is 0. The average molecular weight is 227 g/mol. The van der Waals surface area contributed by atoms with E-state index < -0.39 is 0 Å². The summed E-state index contributed by atoms with van der Waals surface area (Å²) in [4.78, 5) is 0. The van der Waals surface area contributed by atoms with Gasteiger partial charge in [0.15, 0.2) is 0 Å². The maximum absolute atomic E-state index is 12.5. The Hall–Kier alpha value is 0.266. The van der Waals surface area contributed by atoms with Gasteiger partial charge in [-0.2, -0.15) is 24.6 Å². The molecule has 0 unspecified atom stereocenters. The third-order valence-electron chi connectivity index (χ3n) is 1.22. The van der Waals surface area contributed by atoms with Gasteiger partial charge in [-0.15, -0.1) is 0 Å². The Bertz CT molecular complexity index is 225. The third-order valence-corrected chi connectivity index (χ3v) is 1.22. The molecule has 1 aromatic rings. The summed E-state index contributed by atoms with van der Waals surface area (Å²) in [5.74, 6) is -0.164. The van der Waals surface area contributed by atoms with Crippen molar-refractivity contribution in [1.29, 1.82) is 0 Å². The van der Waals surface area contributed by atoms with Crippen LogP contribution in [-0.2, 0) is 0 Å². The van der Waals surface area contributed by atoms with E-state index in [-0.39, 0.29) is 45.9 Å². The van der Waals surface area contributed by atoms with Crippen LogP contribution in [0, 0.1) is 19.7 Å². The second kappa shape index (κ2) is 5.86. The van der Waals surface area contributed by atoms with Crippen molar-refractivity contribution in [1.82, 2.24) is 0 Å². The minimum atomic E-state index is -0.164. The number of benzene rings is 1. The largest absolute Gasteiger partial charge is 2.00 e. The van der Waals surface area contributed by atoms with Gasteiger partial charge in [-0.25, -0.2) is 4.39 Å². The van der Waals surface area contributed by atoms with Gasteiger partial charge < -0.3 is 17.0 Å². The van der Waals surface area contributed by atoms with E-state index in [1.807, 2.05) is 0 Å². The van der Waals surface area contributed by atoms with Gasteiger partial charge in [-0.3, -0.25) is 0 Å². The molecule has 0 nitrogen and oxygen atoms in total. The first-order valence-electron chi connectivity index (χ1n) is 2.78. The molecule has 0 N–H and O–H groups in total. The van der Waals surface area contributed by atoms with Gasteiger partial charge in [0.05, 0.1) is 0 Å². The van der Waals surface area contributed by atoms with E-state index in [9.17, 15) is 4.39 Å². The van der Waals surface area contributed by atoms with Crippen molar-refractivity contribution in [2.45, 2.75) is 6.92 Å². The Kier molecular flexibility index (Phi) is 7.37. The molecule has 1 rings (SSSR count). The van der Waals surface area contributed by atoms with E-state index in [0.29, 0.717) is 5.56 Å². The van der Waals surface area contributed by atoms with Crippen LogP contribution < -0.4 is 17.0 Å². The van der Waals surface area contributed by atoms with Gasteiger partial charge >= 0.3 is 23.1 Å². The SMILES string of the molecule is [Br-].[CH2-]c1ccc(F)c(C)c1.[Mg+2]. The summed E-state index contributed by atoms with van der Waals surface area (Å²) in [5, 5.41) is 0. The molecule has 0 spiro atoms. The molecule has 0 aliphatic carbocycles. The van der Waals surface area contributed by atoms with Crippen LogP contribution >= 0.6 is 0 Å². The molecule has 0 saturated heterocycles. The predicted octanol–water partition coefficient (Wildman–Crippen LogP) is -1.06. The van der Waals surface area contributed by atoms with Gasteiger partial charge in [-0.1, -0.05) is 11.6 Å². The van der Waals surface area contributed by atoms with Crippen LogP contribution in [0.2, 0.25) is 0 Å². The fourth-order valence-electron chi connectivity index (χ4n) is 0.707. The summed E-state index contributed by atoms with van der Waals surface area (Å²) in [5.41, 5.74) is 1.51. The van der Waals surface area contributed by atoms with Crippen LogP contribution in [0.4, 0.5) is 4.39 Å². The van der Waals surface area contributed by atoms with E-state index in [0.717, 1.165) is 5.56 Å². The van der Waals surface area contributed by atoms with Gasteiger partial charge in [0.1, 0.15) is 5.82 Å². The minimum absolute atomic E-state index is 0. The van der Waals surface area contributed by atoms with Gasteiger partial charge in [0.25, 0.3) is 0 Å². The van der Waals surface area contributed by atoms with Gasteiger partial charge in [0, 0.05) is 0 Å². The number of aryl methyl sites for hydroxylation is 1. The van der Waals surface area contributed by atoms with Crippen molar-refractivity contribution in [2.24, 2.45) is 0 Å². The van der Waals surface area contributed by atoms with Crippen molar-refractivity contribution in [3.8, 4) is 0 Å². The van der Waals surface area contributed by atoms with Crippen LogP contribution in [0.3, 0.4) is 0 Å². The summed E-state index contributed by atoms with van der Waals surface area (Å²) in [7, 11) is 0. The van der Waals surface area contributed by atoms with Crippen molar-refractivity contribution in [2.75, 3.05) is 0 Å². The molecule has 0 fully saturated rings. The Balaban J connectivity index is 0. The number of hydrogen-bond acceptors (Lipinski definition) is 0. The molecule has 56 valence electrons. The summed E-state index contributed by atoms with van der Waals surface area (Å²) < 4.78 is 12.5. The molecule has 1 aromatic carbocycles. The molecular weight excluding hydrogens is 219 g/mol. The molecule has 0 atom stereocenters. The van der Waals surface area contributed by atoms with E-state index in [1.165, 1.54) is 6.07 Å². The molecular formula is C8H8BrFMg. The minimum Gasteiger partial charge on any atom is -1.00 e. The Labute approximate surface area is 93.1 Å². The first-order valence-corrected chi connectivity index (χ1v) is 2.78. The summed E-state index contributed by atoms with van der Waals surface area (Å²) in [6, 6.07) is 4.80. The molecule has 0 bridgehead atoms. The van der Waals surface area contributed by atoms with Crippen LogP contribution in [0.5, 0.6) is 0 Å². The van der Waals surface area contributed by atoms with Crippen LogP contribution in [-0.4, -0.2) is 23.1 Å². The maximum atomic E-state index is 12.5. The smallest absolute Gasteiger partial charge is 1.00 e. The first-order chi connectivity index (χ1) is 4.20. The third kappa shape index (κ3) is 3.99. The predicted molar refractivity (Wildman–Crippen MR) is 41.4 cm³/mol. The van der Waals surface area contributed by atoms with E-state index >= 15 is 0 Å². The molecule has 0 saturated carbocycles. The van der Waals surface area contributed by atoms with Crippen molar-refractivity contribution >= 4 is 23.1 Å². The van der Waals surface area contributed by atoms with Crippen LogP contribution in [0.1, 0.15) is 11.1 Å². The van der Waals surface area contributed by atoms with E-state index in [4.69, 9.17) is 0 Å². The topological polar surface area (TPSA) is 0 Å². The molecule has 0 aliphatic heterocycles. The Morgan fingerprint density at radius 1 is 1.36 bits per heavy atom. The summed E-state index contributed by atoms with van der Waals surface area (Å²) >= 11 is 0. The zero-order valence-electron chi connectivity index (χ0n) is 6.40. The van der Waals surface area contributed by atoms with E-state index in [2.05, 4.69) is 6.92 Å². The standard InChI is InChI=1S/C8H8F.BrH.Mg/c1-6-3-4-8(9)7(2)5-6;;/h3-5H,1H2,2H3;1H;/q-1;;+2/p-1. The second-order valence-corrected chi connectivity index (χ2v) is 2.08. The van der Waals surface area contributed by atoms with Crippen LogP contribution in [0.25, 0.3) is 0 Å². The molecule has 0 aliphatic rings. The van der Waals surface area contributed by atoms with Gasteiger partial charge in [-0.05, 0) is 6.92 Å². The fourth-order valence-corrected chi connectivity index (χ4v) is 0.707. The zero-order chi connectivity index (χ0) is 6.85. The summed E-state index contributed by atoms with van der Waals surface area (Å²) in [6.07, 6.45) is 0. The molecule has 0 amide bonds. The van der Waals surface area contributed by atoms with Crippen molar-refractivity contribution in [3.05, 3.63) is 42.1 Å². The first kappa shape index (κ1) is 13.8. The maximum Gasteiger partial charge on any atom is 2.00 e. The van der Waals surface area contributed by atoms with Crippen molar-refractivity contribution < 1.29 is 21.4 Å². The molecule has 0 heterocycles. The Morgan fingerprint density at radius 2 is 1.91 bits per heavy atom. The second-order valence-electron chi connectivity index (χ2n) is 2.08. The summed E-state index contributed by atoms with van der Waals surface area (Å²) in [6.45, 7) is 5.38. The molecule has 3 heteroatoms. The normalized spacial score (nSPS) is 7.82. The fraction of sp³-hybridized carbons (Fsp3) is 0.125. The van der Waals surface area contributed by atoms with Crippen LogP contribution in [0.15, 0.2) is 18.2 Å². The van der Waals surface area contributed by atoms with E-state index in [1.54, 1.807) is 19.1 Å². The number of halogens is 2. The zero-order valence-corrected chi connectivity index (χ0v) is 9.40. The van der Waals surface area contributed by atoms with Crippen molar-refractivity contribution in [3.63, 3.8) is 0 Å².